The molecule has 0 aromatic carbocycles. The monoisotopic (exact) mass is 1170 g/mol. The van der Waals surface area contributed by atoms with Crippen LogP contribution < -0.4 is 5.73 Å². The molecule has 0 spiro atoms. The average molecular weight is 1170 g/mol. The van der Waals surface area contributed by atoms with Crippen molar-refractivity contribution in [2.45, 2.75) is 405 Å². The number of hydrogen-bond acceptors (Lipinski definition) is 8. The summed E-state index contributed by atoms with van der Waals surface area (Å²) in [4.78, 5) is 35.3. The molecule has 0 rings (SSSR count). The number of esters is 2. The van der Waals surface area contributed by atoms with Crippen LogP contribution in [0.4, 0.5) is 0 Å². The Hall–Kier alpha value is -1.25. The van der Waals surface area contributed by atoms with Crippen LogP contribution in [0.2, 0.25) is 0 Å². The second-order valence-corrected chi connectivity index (χ2v) is 26.3. The minimum absolute atomic E-state index is 0.0581. The van der Waals surface area contributed by atoms with Gasteiger partial charge in [-0.25, -0.2) is 4.57 Å². The summed E-state index contributed by atoms with van der Waals surface area (Å²) in [7, 11) is -4.39. The number of carbonyl (C=O) groups excluding carboxylic acids is 2. The van der Waals surface area contributed by atoms with E-state index in [0.717, 1.165) is 32.1 Å². The lowest BCUT2D eigenvalue weighted by Gasteiger charge is -2.19. The molecule has 0 bridgehead atoms. The van der Waals surface area contributed by atoms with E-state index in [1.807, 2.05) is 0 Å². The fourth-order valence-electron chi connectivity index (χ4n) is 11.3. The van der Waals surface area contributed by atoms with Crippen molar-refractivity contribution < 1.29 is 37.6 Å². The molecular formula is C71H140NO8P. The van der Waals surface area contributed by atoms with Crippen molar-refractivity contribution in [3.63, 3.8) is 0 Å². The third kappa shape index (κ3) is 67.7. The molecule has 0 fully saturated rings. The van der Waals surface area contributed by atoms with Gasteiger partial charge in [-0.1, -0.05) is 360 Å². The van der Waals surface area contributed by atoms with E-state index in [2.05, 4.69) is 26.0 Å². The molecule has 0 radical (unpaired) electrons. The van der Waals surface area contributed by atoms with Gasteiger partial charge < -0.3 is 20.1 Å². The summed E-state index contributed by atoms with van der Waals surface area (Å²) in [6, 6.07) is 0. The molecule has 0 aliphatic rings. The molecule has 9 nitrogen and oxygen atoms in total. The molecular weight excluding hydrogens is 1030 g/mol. The number of hydrogen-bond donors (Lipinski definition) is 2. The number of unbranched alkanes of at least 4 members (excludes halogenated alkanes) is 55. The van der Waals surface area contributed by atoms with Gasteiger partial charge in [-0.05, 0) is 38.5 Å². The van der Waals surface area contributed by atoms with Crippen molar-refractivity contribution in [1.29, 1.82) is 0 Å². The van der Waals surface area contributed by atoms with Crippen molar-refractivity contribution in [3.8, 4) is 0 Å². The van der Waals surface area contributed by atoms with Crippen molar-refractivity contribution in [2.24, 2.45) is 5.73 Å². The molecule has 3 N–H and O–H groups in total. The highest BCUT2D eigenvalue weighted by molar-refractivity contribution is 7.47. The topological polar surface area (TPSA) is 134 Å². The quantitative estimate of drug-likeness (QED) is 0.0264. The summed E-state index contributed by atoms with van der Waals surface area (Å²) in [5.41, 5.74) is 5.40. The van der Waals surface area contributed by atoms with E-state index in [9.17, 15) is 19.0 Å². The van der Waals surface area contributed by atoms with Gasteiger partial charge in [0.25, 0.3) is 0 Å². The number of allylic oxidation sites excluding steroid dienone is 2. The first-order valence-electron chi connectivity index (χ1n) is 36.2. The lowest BCUT2D eigenvalue weighted by Crippen LogP contribution is -2.29. The van der Waals surface area contributed by atoms with Crippen LogP contribution in [0.5, 0.6) is 0 Å². The first-order chi connectivity index (χ1) is 39.8. The number of carbonyl (C=O) groups is 2. The van der Waals surface area contributed by atoms with Crippen molar-refractivity contribution in [2.75, 3.05) is 26.4 Å². The predicted octanol–water partition coefficient (Wildman–Crippen LogP) is 23.5. The normalized spacial score (nSPS) is 12.9. The van der Waals surface area contributed by atoms with Gasteiger partial charge >= 0.3 is 19.8 Å². The van der Waals surface area contributed by atoms with Gasteiger partial charge in [0.2, 0.25) is 0 Å². The standard InChI is InChI=1S/C71H140NO8P/c1-3-5-7-9-11-13-15-17-19-21-23-25-27-28-29-30-31-32-33-34-35-36-37-38-39-40-42-44-46-48-50-52-54-56-58-60-62-64-71(74)80-69(68-79-81(75,76)78-66-65-72)67-77-70(73)63-61-59-57-55-53-51-49-47-45-43-41-26-24-22-20-18-16-14-12-10-8-6-4-2/h21,23,69H,3-20,22,24-68,72H2,1-2H3,(H,75,76)/b23-21-. The summed E-state index contributed by atoms with van der Waals surface area (Å²) in [5.74, 6) is -0.799. The van der Waals surface area contributed by atoms with Gasteiger partial charge in [-0.3, -0.25) is 18.6 Å². The zero-order valence-electron chi connectivity index (χ0n) is 54.3. The average Bonchev–Trinajstić information content (AvgIpc) is 3.46. The number of ether oxygens (including phenoxy) is 2. The van der Waals surface area contributed by atoms with Crippen LogP contribution >= 0.6 is 7.82 Å². The number of rotatable bonds is 70. The largest absolute Gasteiger partial charge is 0.472 e. The van der Waals surface area contributed by atoms with E-state index in [1.54, 1.807) is 0 Å². The number of phosphoric ester groups is 1. The molecule has 0 aromatic rings. The van der Waals surface area contributed by atoms with Crippen LogP contribution in [0.1, 0.15) is 399 Å². The molecule has 0 amide bonds. The fraction of sp³-hybridized carbons (Fsp3) is 0.944. The first kappa shape index (κ1) is 79.8. The molecule has 81 heavy (non-hydrogen) atoms. The Morgan fingerprint density at radius 2 is 0.605 bits per heavy atom. The van der Waals surface area contributed by atoms with Gasteiger partial charge in [0.15, 0.2) is 6.10 Å². The second-order valence-electron chi connectivity index (χ2n) is 24.8. The third-order valence-corrected chi connectivity index (χ3v) is 17.6. The van der Waals surface area contributed by atoms with Gasteiger partial charge in [0.1, 0.15) is 6.61 Å². The Labute approximate surface area is 504 Å². The summed E-state index contributed by atoms with van der Waals surface area (Å²) in [5, 5.41) is 0. The third-order valence-electron chi connectivity index (χ3n) is 16.7. The maximum atomic E-state index is 12.8. The van der Waals surface area contributed by atoms with Gasteiger partial charge in [-0.2, -0.15) is 0 Å². The van der Waals surface area contributed by atoms with Crippen LogP contribution in [0.3, 0.4) is 0 Å². The first-order valence-corrected chi connectivity index (χ1v) is 37.7. The summed E-state index contributed by atoms with van der Waals surface area (Å²) in [6.45, 7) is 3.84. The highest BCUT2D eigenvalue weighted by Gasteiger charge is 2.26. The zero-order valence-corrected chi connectivity index (χ0v) is 55.2. The summed E-state index contributed by atoms with van der Waals surface area (Å²) < 4.78 is 33.2. The molecule has 2 unspecified atom stereocenters. The van der Waals surface area contributed by atoms with Gasteiger partial charge in [0.05, 0.1) is 13.2 Å². The van der Waals surface area contributed by atoms with E-state index in [0.29, 0.717) is 6.42 Å². The Kier molecular flexibility index (Phi) is 66.8. The molecule has 0 saturated carbocycles. The molecule has 0 saturated heterocycles. The highest BCUT2D eigenvalue weighted by atomic mass is 31.2. The number of nitrogens with two attached hydrogens (primary N) is 1. The summed E-state index contributed by atoms with van der Waals surface area (Å²) in [6.07, 6.45) is 81.9. The van der Waals surface area contributed by atoms with E-state index >= 15 is 0 Å². The molecule has 0 aliphatic heterocycles. The Bertz CT molecular complexity index is 1330. The van der Waals surface area contributed by atoms with E-state index in [-0.39, 0.29) is 38.6 Å². The molecule has 0 aliphatic carbocycles. The maximum absolute atomic E-state index is 12.8. The molecule has 482 valence electrons. The minimum atomic E-state index is -4.39. The molecule has 10 heteroatoms. The Morgan fingerprint density at radius 3 is 0.877 bits per heavy atom. The smallest absolute Gasteiger partial charge is 0.462 e. The fourth-order valence-corrected chi connectivity index (χ4v) is 12.1. The Morgan fingerprint density at radius 1 is 0.358 bits per heavy atom. The zero-order chi connectivity index (χ0) is 58.7. The van der Waals surface area contributed by atoms with Crippen molar-refractivity contribution in [3.05, 3.63) is 12.2 Å². The van der Waals surface area contributed by atoms with Crippen LogP contribution in [0, 0.1) is 0 Å². The SMILES string of the molecule is CCCCCCCCCC/C=C\CCCCCCCCCCCCCCCCCCCCCCCCCCCC(=O)OC(COC(=O)CCCCCCCCCCCCCCCCCCCCCCCCC)COP(=O)(O)OCCN. The van der Waals surface area contributed by atoms with Crippen molar-refractivity contribution >= 4 is 19.8 Å². The van der Waals surface area contributed by atoms with E-state index < -0.39 is 26.5 Å². The van der Waals surface area contributed by atoms with E-state index in [4.69, 9.17) is 24.3 Å². The predicted molar refractivity (Wildman–Crippen MR) is 349 cm³/mol. The van der Waals surface area contributed by atoms with Crippen LogP contribution in [-0.4, -0.2) is 49.3 Å². The van der Waals surface area contributed by atoms with E-state index in [1.165, 1.54) is 334 Å². The minimum Gasteiger partial charge on any atom is -0.462 e. The van der Waals surface area contributed by atoms with Crippen LogP contribution in [0.25, 0.3) is 0 Å². The van der Waals surface area contributed by atoms with Gasteiger partial charge in [-0.15, -0.1) is 0 Å². The number of phosphoric acid groups is 1. The lowest BCUT2D eigenvalue weighted by atomic mass is 10.0. The second kappa shape index (κ2) is 67.9. The maximum Gasteiger partial charge on any atom is 0.472 e. The van der Waals surface area contributed by atoms with Crippen LogP contribution in [0.15, 0.2) is 12.2 Å². The molecule has 0 aromatic heterocycles. The van der Waals surface area contributed by atoms with Crippen LogP contribution in [-0.2, 0) is 32.7 Å². The Balaban J connectivity index is 3.76. The lowest BCUT2D eigenvalue weighted by molar-refractivity contribution is -0.161. The molecule has 2 atom stereocenters. The van der Waals surface area contributed by atoms with Gasteiger partial charge in [0, 0.05) is 19.4 Å². The molecule has 0 heterocycles. The highest BCUT2D eigenvalue weighted by Crippen LogP contribution is 2.43. The summed E-state index contributed by atoms with van der Waals surface area (Å²) >= 11 is 0. The van der Waals surface area contributed by atoms with Crippen molar-refractivity contribution in [1.82, 2.24) is 0 Å².